The average Bonchev–Trinajstić information content (AvgIpc) is 2.45. The summed E-state index contributed by atoms with van der Waals surface area (Å²) in [6.45, 7) is 0. The van der Waals surface area contributed by atoms with Crippen molar-refractivity contribution in [1.29, 1.82) is 0 Å². The van der Waals surface area contributed by atoms with E-state index in [1.807, 2.05) is 6.07 Å². The molecule has 0 spiro atoms. The molecular weight excluding hydrogens is 322 g/mol. The molecule has 5 nitrogen and oxygen atoms in total. The van der Waals surface area contributed by atoms with Crippen LogP contribution in [0.25, 0.3) is 6.08 Å². The van der Waals surface area contributed by atoms with E-state index in [2.05, 4.69) is 4.72 Å². The van der Waals surface area contributed by atoms with E-state index in [1.165, 1.54) is 30.3 Å². The van der Waals surface area contributed by atoms with Gasteiger partial charge in [-0.05, 0) is 29.8 Å². The molecule has 0 heterocycles. The zero-order valence-electron chi connectivity index (χ0n) is 11.8. The molecule has 0 radical (unpaired) electrons. The molecule has 0 saturated heterocycles. The second-order valence-electron chi connectivity index (χ2n) is 4.66. The highest BCUT2D eigenvalue weighted by Crippen LogP contribution is 2.17. The molecule has 0 unspecified atom stereocenters. The van der Waals surface area contributed by atoms with Crippen molar-refractivity contribution < 1.29 is 16.8 Å². The van der Waals surface area contributed by atoms with Gasteiger partial charge in [-0.3, -0.25) is 4.72 Å². The van der Waals surface area contributed by atoms with E-state index in [0.717, 1.165) is 17.2 Å². The molecule has 0 amide bonds. The molecule has 22 heavy (non-hydrogen) atoms. The Kier molecular flexibility index (Phi) is 4.68. The van der Waals surface area contributed by atoms with Crippen LogP contribution in [0.4, 0.5) is 5.69 Å². The van der Waals surface area contributed by atoms with Crippen molar-refractivity contribution in [2.45, 2.75) is 4.90 Å². The summed E-state index contributed by atoms with van der Waals surface area (Å²) in [4.78, 5) is 0.0553. The molecule has 0 saturated carbocycles. The second kappa shape index (κ2) is 6.33. The molecule has 2 aromatic rings. The minimum absolute atomic E-state index is 0.0553. The van der Waals surface area contributed by atoms with E-state index in [0.29, 0.717) is 0 Å². The lowest BCUT2D eigenvalue weighted by atomic mass is 10.2. The number of anilines is 1. The van der Waals surface area contributed by atoms with Crippen molar-refractivity contribution in [3.63, 3.8) is 0 Å². The maximum absolute atomic E-state index is 12.0. The largest absolute Gasteiger partial charge is 0.280 e. The molecular formula is C15H15NO4S2. The van der Waals surface area contributed by atoms with Gasteiger partial charge in [0.05, 0.1) is 16.0 Å². The van der Waals surface area contributed by atoms with Gasteiger partial charge in [0.1, 0.15) is 0 Å². The number of hydrogen-bond acceptors (Lipinski definition) is 4. The minimum atomic E-state index is -3.72. The number of benzene rings is 2. The van der Waals surface area contributed by atoms with Crippen molar-refractivity contribution in [2.75, 3.05) is 11.0 Å². The predicted molar refractivity (Wildman–Crippen MR) is 87.6 cm³/mol. The Morgan fingerprint density at radius 2 is 1.59 bits per heavy atom. The summed E-state index contributed by atoms with van der Waals surface area (Å²) in [5.74, 6) is 0. The fourth-order valence-electron chi connectivity index (χ4n) is 1.72. The zero-order chi connectivity index (χ0) is 16.2. The lowest BCUT2D eigenvalue weighted by molar-refractivity contribution is 0.601. The van der Waals surface area contributed by atoms with Crippen molar-refractivity contribution in [3.8, 4) is 0 Å². The molecule has 0 aliphatic rings. The van der Waals surface area contributed by atoms with Gasteiger partial charge in [0.25, 0.3) is 10.0 Å². The molecule has 2 aromatic carbocycles. The summed E-state index contributed by atoms with van der Waals surface area (Å²) in [6.07, 6.45) is 2.53. The van der Waals surface area contributed by atoms with Crippen LogP contribution >= 0.6 is 0 Å². The monoisotopic (exact) mass is 337 g/mol. The Labute approximate surface area is 130 Å². The lowest BCUT2D eigenvalue weighted by Crippen LogP contribution is -2.09. The maximum atomic E-state index is 12.0. The first-order valence-corrected chi connectivity index (χ1v) is 9.76. The van der Waals surface area contributed by atoms with Gasteiger partial charge in [-0.2, -0.15) is 0 Å². The fourth-order valence-corrected chi connectivity index (χ4v) is 3.25. The average molecular weight is 337 g/mol. The third kappa shape index (κ3) is 4.71. The summed E-state index contributed by atoms with van der Waals surface area (Å²) in [5.41, 5.74) is 0.943. The first kappa shape index (κ1) is 16.3. The summed E-state index contributed by atoms with van der Waals surface area (Å²) >= 11 is 0. The highest BCUT2D eigenvalue weighted by Gasteiger charge is 2.10. The van der Waals surface area contributed by atoms with Crippen LogP contribution in [0.3, 0.4) is 0 Å². The molecule has 2 rings (SSSR count). The molecule has 0 fully saturated rings. The third-order valence-corrected chi connectivity index (χ3v) is 4.89. The van der Waals surface area contributed by atoms with Gasteiger partial charge < -0.3 is 0 Å². The molecule has 0 aliphatic heterocycles. The fraction of sp³-hybridized carbons (Fsp3) is 0.0667. The normalized spacial score (nSPS) is 12.4. The van der Waals surface area contributed by atoms with Gasteiger partial charge in [-0.1, -0.05) is 36.4 Å². The Hall–Kier alpha value is -2.12. The van der Waals surface area contributed by atoms with E-state index in [9.17, 15) is 16.8 Å². The Balaban J connectivity index is 2.21. The number of nitrogens with one attached hydrogen (secondary N) is 1. The van der Waals surface area contributed by atoms with Crippen molar-refractivity contribution in [1.82, 2.24) is 0 Å². The molecule has 7 heteroatoms. The van der Waals surface area contributed by atoms with Gasteiger partial charge in [0, 0.05) is 6.26 Å². The first-order valence-electron chi connectivity index (χ1n) is 6.32. The molecule has 0 atom stereocenters. The standard InChI is InChI=1S/C15H15NO4S2/c1-21(17,18)15-9-5-8-14(12-15)16-22(19,20)11-10-13-6-3-2-4-7-13/h2-12,16H,1H3/b11-10+. The van der Waals surface area contributed by atoms with Crippen LogP contribution in [0, 0.1) is 0 Å². The van der Waals surface area contributed by atoms with Crippen LogP contribution in [0.5, 0.6) is 0 Å². The van der Waals surface area contributed by atoms with E-state index in [-0.39, 0.29) is 10.6 Å². The number of rotatable bonds is 5. The van der Waals surface area contributed by atoms with E-state index >= 15 is 0 Å². The van der Waals surface area contributed by atoms with Gasteiger partial charge in [-0.25, -0.2) is 16.8 Å². The zero-order valence-corrected chi connectivity index (χ0v) is 13.4. The third-order valence-electron chi connectivity index (χ3n) is 2.76. The van der Waals surface area contributed by atoms with Crippen LogP contribution in [0.1, 0.15) is 5.56 Å². The van der Waals surface area contributed by atoms with Gasteiger partial charge in [-0.15, -0.1) is 0 Å². The SMILES string of the molecule is CS(=O)(=O)c1cccc(NS(=O)(=O)/C=C/c2ccccc2)c1. The lowest BCUT2D eigenvalue weighted by Gasteiger charge is -2.06. The molecule has 1 N–H and O–H groups in total. The van der Waals surface area contributed by atoms with E-state index < -0.39 is 19.9 Å². The Morgan fingerprint density at radius 3 is 2.23 bits per heavy atom. The summed E-state index contributed by atoms with van der Waals surface area (Å²) in [7, 11) is -7.11. The van der Waals surface area contributed by atoms with Crippen LogP contribution in [-0.2, 0) is 19.9 Å². The summed E-state index contributed by atoms with van der Waals surface area (Å²) in [5, 5.41) is 1.04. The number of sulfone groups is 1. The first-order chi connectivity index (χ1) is 10.3. The van der Waals surface area contributed by atoms with E-state index in [4.69, 9.17) is 0 Å². The molecule has 116 valence electrons. The van der Waals surface area contributed by atoms with Crippen LogP contribution in [0.15, 0.2) is 64.9 Å². The van der Waals surface area contributed by atoms with Crippen molar-refractivity contribution in [2.24, 2.45) is 0 Å². The van der Waals surface area contributed by atoms with Gasteiger partial charge in [0.15, 0.2) is 9.84 Å². The van der Waals surface area contributed by atoms with Crippen LogP contribution in [0.2, 0.25) is 0 Å². The van der Waals surface area contributed by atoms with Crippen LogP contribution < -0.4 is 4.72 Å². The molecule has 0 bridgehead atoms. The minimum Gasteiger partial charge on any atom is -0.280 e. The Morgan fingerprint density at radius 1 is 0.909 bits per heavy atom. The highest BCUT2D eigenvalue weighted by molar-refractivity contribution is 7.95. The van der Waals surface area contributed by atoms with E-state index in [1.54, 1.807) is 24.3 Å². The number of hydrogen-bond donors (Lipinski definition) is 1. The van der Waals surface area contributed by atoms with Crippen molar-refractivity contribution >= 4 is 31.6 Å². The Bertz CT molecular complexity index is 886. The predicted octanol–water partition coefficient (Wildman–Crippen LogP) is 2.50. The highest BCUT2D eigenvalue weighted by atomic mass is 32.2. The van der Waals surface area contributed by atoms with Crippen molar-refractivity contribution in [3.05, 3.63) is 65.6 Å². The summed E-state index contributed by atoms with van der Waals surface area (Å²) in [6, 6.07) is 14.6. The summed E-state index contributed by atoms with van der Waals surface area (Å²) < 4.78 is 49.2. The topological polar surface area (TPSA) is 80.3 Å². The smallest absolute Gasteiger partial charge is 0.255 e. The molecule has 0 aliphatic carbocycles. The van der Waals surface area contributed by atoms with Gasteiger partial charge in [0.2, 0.25) is 0 Å². The van der Waals surface area contributed by atoms with Crippen LogP contribution in [-0.4, -0.2) is 23.1 Å². The maximum Gasteiger partial charge on any atom is 0.255 e. The quantitative estimate of drug-likeness (QED) is 0.909. The second-order valence-corrected chi connectivity index (χ2v) is 8.24. The number of sulfonamides is 1. The van der Waals surface area contributed by atoms with Gasteiger partial charge >= 0.3 is 0 Å². The molecule has 0 aromatic heterocycles.